The van der Waals surface area contributed by atoms with Gasteiger partial charge in [-0.1, -0.05) is 13.0 Å². The van der Waals surface area contributed by atoms with Gasteiger partial charge in [0.1, 0.15) is 17.5 Å². The number of anilines is 1. The first kappa shape index (κ1) is 17.3. The molecule has 0 unspecified atom stereocenters. The Labute approximate surface area is 135 Å². The summed E-state index contributed by atoms with van der Waals surface area (Å²) in [6, 6.07) is 5.97. The summed E-state index contributed by atoms with van der Waals surface area (Å²) < 4.78 is 36.5. The number of benzene rings is 1. The van der Waals surface area contributed by atoms with Crippen LogP contribution in [0, 0.1) is 12.7 Å². The molecular formula is C16H20FN3O2S. The summed E-state index contributed by atoms with van der Waals surface area (Å²) in [6.45, 7) is 4.10. The van der Waals surface area contributed by atoms with Gasteiger partial charge >= 0.3 is 0 Å². The van der Waals surface area contributed by atoms with E-state index in [1.54, 1.807) is 0 Å². The van der Waals surface area contributed by atoms with Crippen molar-refractivity contribution in [3.8, 4) is 0 Å². The maximum absolute atomic E-state index is 13.5. The summed E-state index contributed by atoms with van der Waals surface area (Å²) in [5.41, 5.74) is 2.10. The largest absolute Gasteiger partial charge is 0.366 e. The summed E-state index contributed by atoms with van der Waals surface area (Å²) >= 11 is 0. The first-order chi connectivity index (χ1) is 10.8. The van der Waals surface area contributed by atoms with Crippen LogP contribution < -0.4 is 5.32 Å². The highest BCUT2D eigenvalue weighted by Crippen LogP contribution is 2.16. The molecule has 1 aromatic heterocycles. The minimum atomic E-state index is -3.19. The van der Waals surface area contributed by atoms with Crippen LogP contribution in [0.15, 0.2) is 24.3 Å². The summed E-state index contributed by atoms with van der Waals surface area (Å²) in [6.07, 6.45) is 1.95. The molecule has 0 radical (unpaired) electrons. The van der Waals surface area contributed by atoms with Gasteiger partial charge in [0.25, 0.3) is 0 Å². The summed E-state index contributed by atoms with van der Waals surface area (Å²) in [4.78, 5) is 8.59. The van der Waals surface area contributed by atoms with E-state index < -0.39 is 15.7 Å². The van der Waals surface area contributed by atoms with Crippen molar-refractivity contribution in [3.63, 3.8) is 0 Å². The molecule has 0 bridgehead atoms. The van der Waals surface area contributed by atoms with Crippen LogP contribution in [-0.2, 0) is 28.6 Å². The summed E-state index contributed by atoms with van der Waals surface area (Å²) in [7, 11) is -3.19. The van der Waals surface area contributed by atoms with Crippen molar-refractivity contribution in [2.45, 2.75) is 32.6 Å². The molecular weight excluding hydrogens is 317 g/mol. The molecule has 124 valence electrons. The van der Waals surface area contributed by atoms with E-state index in [1.807, 2.05) is 19.9 Å². The maximum Gasteiger partial charge on any atom is 0.151 e. The molecule has 1 aromatic carbocycles. The van der Waals surface area contributed by atoms with E-state index in [-0.39, 0.29) is 5.75 Å². The molecule has 1 heterocycles. The molecule has 0 amide bonds. The normalized spacial score (nSPS) is 11.5. The van der Waals surface area contributed by atoms with Crippen LogP contribution in [0.2, 0.25) is 0 Å². The molecule has 0 aliphatic heterocycles. The number of aromatic nitrogens is 2. The Morgan fingerprint density at radius 2 is 1.91 bits per heavy atom. The third-order valence-electron chi connectivity index (χ3n) is 3.30. The topological polar surface area (TPSA) is 72.0 Å². The number of nitrogens with zero attached hydrogens (tertiary/aromatic N) is 2. The molecule has 0 spiro atoms. The molecule has 0 saturated carbocycles. The monoisotopic (exact) mass is 337 g/mol. The molecule has 0 fully saturated rings. The average Bonchev–Trinajstić information content (AvgIpc) is 2.45. The average molecular weight is 337 g/mol. The number of aryl methyl sites for hydroxylation is 2. The van der Waals surface area contributed by atoms with Crippen molar-refractivity contribution < 1.29 is 12.8 Å². The highest BCUT2D eigenvalue weighted by molar-refractivity contribution is 7.89. The van der Waals surface area contributed by atoms with Gasteiger partial charge in [-0.25, -0.2) is 22.8 Å². The van der Waals surface area contributed by atoms with Crippen LogP contribution in [0.3, 0.4) is 0 Å². The predicted molar refractivity (Wildman–Crippen MR) is 88.4 cm³/mol. The molecule has 2 rings (SSSR count). The molecule has 23 heavy (non-hydrogen) atoms. The fourth-order valence-corrected chi connectivity index (χ4v) is 3.12. The summed E-state index contributed by atoms with van der Waals surface area (Å²) in [5.74, 6) is 0.784. The summed E-state index contributed by atoms with van der Waals surface area (Å²) in [5, 5.41) is 3.12. The fourth-order valence-electron chi connectivity index (χ4n) is 2.27. The Morgan fingerprint density at radius 3 is 2.57 bits per heavy atom. The molecule has 5 nitrogen and oxygen atoms in total. The number of hydrogen-bond acceptors (Lipinski definition) is 5. The van der Waals surface area contributed by atoms with Gasteiger partial charge < -0.3 is 5.32 Å². The van der Waals surface area contributed by atoms with E-state index in [0.29, 0.717) is 29.3 Å². The zero-order chi connectivity index (χ0) is 17.0. The van der Waals surface area contributed by atoms with Gasteiger partial charge in [-0.15, -0.1) is 0 Å². The van der Waals surface area contributed by atoms with Crippen molar-refractivity contribution >= 4 is 15.7 Å². The lowest BCUT2D eigenvalue weighted by Gasteiger charge is -2.12. The Balaban J connectivity index is 2.23. The smallest absolute Gasteiger partial charge is 0.151 e. The Kier molecular flexibility index (Phi) is 5.30. The van der Waals surface area contributed by atoms with Crippen LogP contribution in [-0.4, -0.2) is 24.6 Å². The van der Waals surface area contributed by atoms with Crippen LogP contribution in [0.5, 0.6) is 0 Å². The number of sulfone groups is 1. The fraction of sp³-hybridized carbons (Fsp3) is 0.375. The van der Waals surface area contributed by atoms with Gasteiger partial charge in [0.2, 0.25) is 0 Å². The second-order valence-corrected chi connectivity index (χ2v) is 7.62. The van der Waals surface area contributed by atoms with Crippen LogP contribution >= 0.6 is 0 Å². The number of rotatable bonds is 6. The van der Waals surface area contributed by atoms with E-state index in [4.69, 9.17) is 0 Å². The first-order valence-electron chi connectivity index (χ1n) is 7.30. The van der Waals surface area contributed by atoms with Crippen LogP contribution in [0.1, 0.15) is 29.6 Å². The second kappa shape index (κ2) is 7.04. The zero-order valence-electron chi connectivity index (χ0n) is 13.4. The SMILES string of the molecule is CCc1cc(NCc2cc(F)ccc2CS(C)(=O)=O)nc(C)n1. The minimum Gasteiger partial charge on any atom is -0.366 e. The van der Waals surface area contributed by atoms with E-state index >= 15 is 0 Å². The molecule has 1 N–H and O–H groups in total. The van der Waals surface area contributed by atoms with Crippen LogP contribution in [0.25, 0.3) is 0 Å². The van der Waals surface area contributed by atoms with E-state index in [1.165, 1.54) is 18.2 Å². The van der Waals surface area contributed by atoms with Crippen molar-refractivity contribution in [2.75, 3.05) is 11.6 Å². The predicted octanol–water partition coefficient (Wildman–Crippen LogP) is 2.64. The molecule has 0 saturated heterocycles. The lowest BCUT2D eigenvalue weighted by molar-refractivity contribution is 0.600. The van der Waals surface area contributed by atoms with Crippen molar-refractivity contribution in [1.29, 1.82) is 0 Å². The lowest BCUT2D eigenvalue weighted by atomic mass is 10.1. The van der Waals surface area contributed by atoms with Gasteiger partial charge in [-0.05, 0) is 36.6 Å². The highest BCUT2D eigenvalue weighted by Gasteiger charge is 2.11. The van der Waals surface area contributed by atoms with Crippen molar-refractivity contribution in [2.24, 2.45) is 0 Å². The van der Waals surface area contributed by atoms with Gasteiger partial charge in [0, 0.05) is 24.6 Å². The number of halogens is 1. The number of hydrogen-bond donors (Lipinski definition) is 1. The Bertz CT molecular complexity index is 807. The molecule has 0 aliphatic carbocycles. The third kappa shape index (κ3) is 5.28. The first-order valence-corrected chi connectivity index (χ1v) is 9.36. The van der Waals surface area contributed by atoms with E-state index in [9.17, 15) is 12.8 Å². The number of nitrogens with one attached hydrogen (secondary N) is 1. The zero-order valence-corrected chi connectivity index (χ0v) is 14.2. The van der Waals surface area contributed by atoms with E-state index in [0.717, 1.165) is 18.4 Å². The van der Waals surface area contributed by atoms with Crippen molar-refractivity contribution in [1.82, 2.24) is 9.97 Å². The van der Waals surface area contributed by atoms with Crippen LogP contribution in [0.4, 0.5) is 10.2 Å². The quantitative estimate of drug-likeness (QED) is 0.877. The second-order valence-electron chi connectivity index (χ2n) is 5.48. The van der Waals surface area contributed by atoms with Gasteiger partial charge in [-0.3, -0.25) is 0 Å². The molecule has 2 aromatic rings. The molecule has 7 heteroatoms. The minimum absolute atomic E-state index is 0.118. The Morgan fingerprint density at radius 1 is 1.17 bits per heavy atom. The Hall–Kier alpha value is -2.02. The third-order valence-corrected chi connectivity index (χ3v) is 4.13. The van der Waals surface area contributed by atoms with E-state index in [2.05, 4.69) is 15.3 Å². The maximum atomic E-state index is 13.5. The van der Waals surface area contributed by atoms with Gasteiger partial charge in [0.15, 0.2) is 9.84 Å². The molecule has 0 aliphatic rings. The standard InChI is InChI=1S/C16H20FN3O2S/c1-4-15-8-16(20-11(2)19-15)18-9-13-7-14(17)6-5-12(13)10-23(3,21)22/h5-8H,4,9-10H2,1-3H3,(H,18,19,20). The van der Waals surface area contributed by atoms with Crippen molar-refractivity contribution in [3.05, 3.63) is 52.7 Å². The molecule has 0 atom stereocenters. The van der Waals surface area contributed by atoms with Gasteiger partial charge in [0.05, 0.1) is 5.75 Å². The van der Waals surface area contributed by atoms with Gasteiger partial charge in [-0.2, -0.15) is 0 Å². The highest BCUT2D eigenvalue weighted by atomic mass is 32.2. The lowest BCUT2D eigenvalue weighted by Crippen LogP contribution is -2.09.